The second kappa shape index (κ2) is 9.20. The van der Waals surface area contributed by atoms with Crippen molar-refractivity contribution in [3.63, 3.8) is 0 Å². The van der Waals surface area contributed by atoms with E-state index in [9.17, 15) is 9.18 Å². The van der Waals surface area contributed by atoms with Crippen molar-refractivity contribution in [1.29, 1.82) is 5.26 Å². The first-order chi connectivity index (χ1) is 12.4. The monoisotopic (exact) mass is 361 g/mol. The van der Waals surface area contributed by atoms with E-state index >= 15 is 0 Å². The van der Waals surface area contributed by atoms with Crippen LogP contribution >= 0.6 is 0 Å². The zero-order valence-electron chi connectivity index (χ0n) is 15.3. The number of nitrogens with one attached hydrogen (secondary N) is 1. The summed E-state index contributed by atoms with van der Waals surface area (Å²) in [5.74, 6) is -0.986. The molecule has 2 unspecified atom stereocenters. The molecule has 1 fully saturated rings. The van der Waals surface area contributed by atoms with Gasteiger partial charge in [-0.1, -0.05) is 6.07 Å². The van der Waals surface area contributed by atoms with Crippen LogP contribution in [0, 0.1) is 17.1 Å². The minimum atomic E-state index is -0.681. The van der Waals surface area contributed by atoms with Crippen LogP contribution in [-0.4, -0.2) is 37.9 Å². The summed E-state index contributed by atoms with van der Waals surface area (Å²) in [4.78, 5) is 13.5. The first kappa shape index (κ1) is 19.7. The lowest BCUT2D eigenvalue weighted by molar-refractivity contribution is -0.138. The van der Waals surface area contributed by atoms with Crippen LogP contribution in [0.2, 0.25) is 0 Å². The lowest BCUT2D eigenvalue weighted by Crippen LogP contribution is -2.45. The Balaban J connectivity index is 2.01. The molecule has 0 radical (unpaired) electrons. The largest absolute Gasteiger partial charge is 0.462 e. The van der Waals surface area contributed by atoms with Gasteiger partial charge in [0.15, 0.2) is 5.57 Å². The second-order valence-corrected chi connectivity index (χ2v) is 6.22. The lowest BCUT2D eigenvalue weighted by atomic mass is 10.1. The Bertz CT molecular complexity index is 704. The van der Waals surface area contributed by atoms with E-state index in [2.05, 4.69) is 5.32 Å². The predicted molar refractivity (Wildman–Crippen MR) is 95.8 cm³/mol. The molecule has 2 atom stereocenters. The molecule has 6 nitrogen and oxygen atoms in total. The van der Waals surface area contributed by atoms with Crippen molar-refractivity contribution in [3.05, 3.63) is 41.4 Å². The molecule has 0 bridgehead atoms. The molecule has 0 amide bonds. The maximum atomic E-state index is 14.5. The number of nitrogens with zero attached hydrogens (tertiary/aromatic N) is 2. The van der Waals surface area contributed by atoms with Crippen molar-refractivity contribution in [2.75, 3.05) is 24.6 Å². The van der Waals surface area contributed by atoms with E-state index in [1.807, 2.05) is 24.8 Å². The highest BCUT2D eigenvalue weighted by Crippen LogP contribution is 2.24. The average molecular weight is 361 g/mol. The Kier molecular flexibility index (Phi) is 6.98. The molecule has 1 aliphatic rings. The topological polar surface area (TPSA) is 74.6 Å². The third kappa shape index (κ3) is 5.20. The molecule has 1 aromatic carbocycles. The van der Waals surface area contributed by atoms with E-state index in [-0.39, 0.29) is 36.7 Å². The molecule has 7 heteroatoms. The molecule has 0 aliphatic carbocycles. The van der Waals surface area contributed by atoms with E-state index in [1.165, 1.54) is 12.3 Å². The summed E-state index contributed by atoms with van der Waals surface area (Å²) < 4.78 is 25.0. The average Bonchev–Trinajstić information content (AvgIpc) is 2.58. The SMILES string of the molecule is CCOC(=O)/C(C#N)=C/NCc1ccc(N2CC(C)OC(C)C2)c(F)c1. The minimum Gasteiger partial charge on any atom is -0.462 e. The third-order valence-corrected chi connectivity index (χ3v) is 3.94. The molecular weight excluding hydrogens is 337 g/mol. The fourth-order valence-corrected chi connectivity index (χ4v) is 2.91. The number of hydrogen-bond acceptors (Lipinski definition) is 6. The Hall–Kier alpha value is -2.59. The van der Waals surface area contributed by atoms with Crippen molar-refractivity contribution in [2.45, 2.75) is 39.5 Å². The summed E-state index contributed by atoms with van der Waals surface area (Å²) in [5.41, 5.74) is 1.13. The Morgan fingerprint density at radius 1 is 1.46 bits per heavy atom. The highest BCUT2D eigenvalue weighted by molar-refractivity contribution is 5.92. The highest BCUT2D eigenvalue weighted by Gasteiger charge is 2.24. The molecule has 1 aliphatic heterocycles. The number of hydrogen-bond donors (Lipinski definition) is 1. The van der Waals surface area contributed by atoms with Crippen molar-refractivity contribution in [1.82, 2.24) is 5.32 Å². The summed E-state index contributed by atoms with van der Waals surface area (Å²) in [5, 5.41) is 11.8. The molecular formula is C19H24FN3O3. The van der Waals surface area contributed by atoms with Gasteiger partial charge in [-0.2, -0.15) is 5.26 Å². The molecule has 0 saturated carbocycles. The number of carbonyl (C=O) groups excluding carboxylic acids is 1. The number of carbonyl (C=O) groups is 1. The quantitative estimate of drug-likeness (QED) is 0.477. The third-order valence-electron chi connectivity index (χ3n) is 3.94. The normalized spacial score (nSPS) is 20.4. The van der Waals surface area contributed by atoms with Crippen LogP contribution in [0.3, 0.4) is 0 Å². The molecule has 0 spiro atoms. The molecule has 0 aromatic heterocycles. The number of benzene rings is 1. The van der Waals surface area contributed by atoms with Crippen LogP contribution in [-0.2, 0) is 20.8 Å². The number of halogens is 1. The Labute approximate surface area is 153 Å². The maximum Gasteiger partial charge on any atom is 0.350 e. The summed E-state index contributed by atoms with van der Waals surface area (Å²) in [7, 11) is 0. The van der Waals surface area contributed by atoms with Crippen LogP contribution in [0.4, 0.5) is 10.1 Å². The van der Waals surface area contributed by atoms with Gasteiger partial charge >= 0.3 is 5.97 Å². The van der Waals surface area contributed by atoms with Crippen LogP contribution in [0.5, 0.6) is 0 Å². The fraction of sp³-hybridized carbons (Fsp3) is 0.474. The predicted octanol–water partition coefficient (Wildman–Crippen LogP) is 2.50. The van der Waals surface area contributed by atoms with Crippen LogP contribution in [0.15, 0.2) is 30.0 Å². The van der Waals surface area contributed by atoms with Gasteiger partial charge in [0.2, 0.25) is 0 Å². The van der Waals surface area contributed by atoms with Crippen molar-refractivity contribution < 1.29 is 18.7 Å². The van der Waals surface area contributed by atoms with E-state index in [4.69, 9.17) is 14.7 Å². The first-order valence-corrected chi connectivity index (χ1v) is 8.64. The summed E-state index contributed by atoms with van der Waals surface area (Å²) >= 11 is 0. The fourth-order valence-electron chi connectivity index (χ4n) is 2.91. The highest BCUT2D eigenvalue weighted by atomic mass is 19.1. The van der Waals surface area contributed by atoms with Gasteiger partial charge in [-0.05, 0) is 38.5 Å². The number of ether oxygens (including phenoxy) is 2. The summed E-state index contributed by atoms with van der Waals surface area (Å²) in [6, 6.07) is 6.80. The van der Waals surface area contributed by atoms with E-state index in [1.54, 1.807) is 19.1 Å². The summed E-state index contributed by atoms with van der Waals surface area (Å²) in [6.45, 7) is 7.39. The van der Waals surface area contributed by atoms with Crippen molar-refractivity contribution in [2.24, 2.45) is 0 Å². The second-order valence-electron chi connectivity index (χ2n) is 6.22. The molecule has 1 saturated heterocycles. The summed E-state index contributed by atoms with van der Waals surface area (Å²) in [6.07, 6.45) is 1.39. The standard InChI is InChI=1S/C19H24FN3O3/c1-4-25-19(24)16(8-21)10-22-9-15-5-6-18(17(20)7-15)23-11-13(2)26-14(3)12-23/h5-7,10,13-14,22H,4,9,11-12H2,1-3H3/b16-10+. The zero-order chi connectivity index (χ0) is 19.1. The zero-order valence-corrected chi connectivity index (χ0v) is 15.3. The van der Waals surface area contributed by atoms with Gasteiger partial charge in [0.05, 0.1) is 24.5 Å². The molecule has 1 N–H and O–H groups in total. The Morgan fingerprint density at radius 2 is 2.15 bits per heavy atom. The van der Waals surface area contributed by atoms with Gasteiger partial charge in [0.1, 0.15) is 11.9 Å². The van der Waals surface area contributed by atoms with E-state index in [0.717, 1.165) is 0 Å². The molecule has 26 heavy (non-hydrogen) atoms. The van der Waals surface area contributed by atoms with Crippen molar-refractivity contribution in [3.8, 4) is 6.07 Å². The number of esters is 1. The van der Waals surface area contributed by atoms with Gasteiger partial charge in [-0.15, -0.1) is 0 Å². The van der Waals surface area contributed by atoms with E-state index in [0.29, 0.717) is 24.3 Å². The van der Waals surface area contributed by atoms with Gasteiger partial charge in [0, 0.05) is 25.8 Å². The maximum absolute atomic E-state index is 14.5. The molecule has 140 valence electrons. The lowest BCUT2D eigenvalue weighted by Gasteiger charge is -2.37. The number of morpholine rings is 1. The van der Waals surface area contributed by atoms with Crippen LogP contribution in [0.1, 0.15) is 26.3 Å². The number of anilines is 1. The van der Waals surface area contributed by atoms with Gasteiger partial charge in [-0.25, -0.2) is 9.18 Å². The minimum absolute atomic E-state index is 0.0527. The van der Waals surface area contributed by atoms with Gasteiger partial charge < -0.3 is 19.7 Å². The molecule has 1 heterocycles. The van der Waals surface area contributed by atoms with Crippen LogP contribution in [0.25, 0.3) is 0 Å². The van der Waals surface area contributed by atoms with E-state index < -0.39 is 5.97 Å². The van der Waals surface area contributed by atoms with Gasteiger partial charge in [0.25, 0.3) is 0 Å². The first-order valence-electron chi connectivity index (χ1n) is 8.64. The molecule has 2 rings (SSSR count). The van der Waals surface area contributed by atoms with Crippen LogP contribution < -0.4 is 10.2 Å². The van der Waals surface area contributed by atoms with Gasteiger partial charge in [-0.3, -0.25) is 0 Å². The van der Waals surface area contributed by atoms with Crippen molar-refractivity contribution >= 4 is 11.7 Å². The number of rotatable bonds is 6. The molecule has 1 aromatic rings. The number of nitriles is 1. The Morgan fingerprint density at radius 3 is 2.73 bits per heavy atom. The smallest absolute Gasteiger partial charge is 0.350 e.